The fourth-order valence-corrected chi connectivity index (χ4v) is 2.78. The molecule has 2 aromatic heterocycles. The third-order valence-electron chi connectivity index (χ3n) is 3.83. The van der Waals surface area contributed by atoms with E-state index in [1.165, 1.54) is 13.1 Å². The van der Waals surface area contributed by atoms with Gasteiger partial charge in [-0.25, -0.2) is 0 Å². The molecule has 2 aromatic rings. The van der Waals surface area contributed by atoms with Crippen LogP contribution in [0.25, 0.3) is 0 Å². The van der Waals surface area contributed by atoms with Crippen LogP contribution >= 0.6 is 0 Å². The Kier molecular flexibility index (Phi) is 2.96. The number of ketones is 2. The predicted molar refractivity (Wildman–Crippen MR) is 76.3 cm³/mol. The number of rotatable bonds is 1. The molecule has 0 radical (unpaired) electrons. The van der Waals surface area contributed by atoms with Crippen LogP contribution in [0.2, 0.25) is 0 Å². The van der Waals surface area contributed by atoms with Crippen molar-refractivity contribution in [1.29, 1.82) is 0 Å². The van der Waals surface area contributed by atoms with Crippen molar-refractivity contribution in [3.05, 3.63) is 66.5 Å². The van der Waals surface area contributed by atoms with Crippen LogP contribution in [0.4, 0.5) is 0 Å². The zero-order valence-electron chi connectivity index (χ0n) is 11.9. The van der Waals surface area contributed by atoms with Gasteiger partial charge in [-0.15, -0.1) is 0 Å². The van der Waals surface area contributed by atoms with Gasteiger partial charge in [0, 0.05) is 19.2 Å². The molecule has 0 spiro atoms. The predicted octanol–water partition coefficient (Wildman–Crippen LogP) is -0.350. The van der Waals surface area contributed by atoms with Crippen LogP contribution in [-0.4, -0.2) is 26.2 Å². The molecule has 0 aromatic carbocycles. The summed E-state index contributed by atoms with van der Waals surface area (Å²) in [6.07, 6.45) is 0. The van der Waals surface area contributed by atoms with Crippen molar-refractivity contribution < 1.29 is 14.7 Å². The summed E-state index contributed by atoms with van der Waals surface area (Å²) in [7, 11) is 1.39. The van der Waals surface area contributed by atoms with Crippen LogP contribution in [-0.2, 0) is 13.7 Å². The summed E-state index contributed by atoms with van der Waals surface area (Å²) in [5, 5.41) is 9.37. The molecule has 0 unspecified atom stereocenters. The van der Waals surface area contributed by atoms with Gasteiger partial charge in [0.25, 0.3) is 5.56 Å². The highest BCUT2D eigenvalue weighted by Gasteiger charge is 2.35. The molecule has 7 heteroatoms. The zero-order chi connectivity index (χ0) is 16.2. The Hall–Kier alpha value is -2.80. The first kappa shape index (κ1) is 14.2. The highest BCUT2D eigenvalue weighted by molar-refractivity contribution is 6.27. The molecule has 0 fully saturated rings. The van der Waals surface area contributed by atoms with E-state index >= 15 is 0 Å². The molecule has 0 aliphatic heterocycles. The van der Waals surface area contributed by atoms with Gasteiger partial charge in [-0.3, -0.25) is 19.2 Å². The van der Waals surface area contributed by atoms with E-state index in [-0.39, 0.29) is 28.1 Å². The Labute approximate surface area is 123 Å². The van der Waals surface area contributed by atoms with Crippen molar-refractivity contribution >= 4 is 11.6 Å². The highest BCUT2D eigenvalue weighted by Crippen LogP contribution is 2.28. The number of aromatic nitrogens is 2. The lowest BCUT2D eigenvalue weighted by Crippen LogP contribution is -2.34. The van der Waals surface area contributed by atoms with Crippen LogP contribution in [0.15, 0.2) is 21.7 Å². The van der Waals surface area contributed by atoms with Crippen molar-refractivity contribution in [1.82, 2.24) is 9.55 Å². The third kappa shape index (κ3) is 1.72. The molecule has 1 aliphatic rings. The van der Waals surface area contributed by atoms with E-state index in [0.717, 1.165) is 10.6 Å². The number of carbonyl (C=O) groups excluding carboxylic acids is 2. The Balaban J connectivity index is 2.48. The summed E-state index contributed by atoms with van der Waals surface area (Å²) in [5.41, 5.74) is -0.648. The SMILES string of the molecule is Cc1cc(=O)n(C)c2c1C(=O)c1c(CO)cc(=O)[nH]c1C2=O. The van der Waals surface area contributed by atoms with Crippen LogP contribution in [0, 0.1) is 6.92 Å². The van der Waals surface area contributed by atoms with E-state index in [9.17, 15) is 24.3 Å². The first-order valence-corrected chi connectivity index (χ1v) is 6.54. The van der Waals surface area contributed by atoms with Crippen molar-refractivity contribution in [2.45, 2.75) is 13.5 Å². The maximum atomic E-state index is 12.7. The molecule has 0 atom stereocenters. The van der Waals surface area contributed by atoms with Gasteiger partial charge in [0.2, 0.25) is 11.3 Å². The molecule has 0 amide bonds. The normalized spacial score (nSPS) is 13.0. The maximum absolute atomic E-state index is 12.7. The molecule has 112 valence electrons. The number of nitrogens with one attached hydrogen (secondary N) is 1. The number of aryl methyl sites for hydroxylation is 1. The molecule has 3 rings (SSSR count). The molecule has 7 nitrogen and oxygen atoms in total. The average molecular weight is 300 g/mol. The monoisotopic (exact) mass is 300 g/mol. The van der Waals surface area contributed by atoms with Gasteiger partial charge in [0.05, 0.1) is 17.7 Å². The number of pyridine rings is 2. The van der Waals surface area contributed by atoms with Crippen LogP contribution in [0.5, 0.6) is 0 Å². The Morgan fingerprint density at radius 2 is 1.77 bits per heavy atom. The Morgan fingerprint density at radius 3 is 2.41 bits per heavy atom. The number of hydrogen-bond donors (Lipinski definition) is 2. The van der Waals surface area contributed by atoms with Gasteiger partial charge in [-0.2, -0.15) is 0 Å². The van der Waals surface area contributed by atoms with Crippen LogP contribution in [0.3, 0.4) is 0 Å². The molecule has 0 bridgehead atoms. The van der Waals surface area contributed by atoms with Crippen LogP contribution in [0.1, 0.15) is 43.2 Å². The molecule has 0 saturated heterocycles. The molecular formula is C15H12N2O5. The fraction of sp³-hybridized carbons (Fsp3) is 0.200. The molecule has 2 N–H and O–H groups in total. The van der Waals surface area contributed by atoms with E-state index in [1.54, 1.807) is 6.92 Å². The fourth-order valence-electron chi connectivity index (χ4n) is 2.78. The summed E-state index contributed by atoms with van der Waals surface area (Å²) in [4.78, 5) is 51.2. The molecule has 0 saturated carbocycles. The minimum atomic E-state index is -0.611. The number of aliphatic hydroxyl groups excluding tert-OH is 1. The second-order valence-corrected chi connectivity index (χ2v) is 5.17. The summed E-state index contributed by atoms with van der Waals surface area (Å²) in [5.74, 6) is -1.10. The van der Waals surface area contributed by atoms with E-state index in [2.05, 4.69) is 4.98 Å². The zero-order valence-corrected chi connectivity index (χ0v) is 11.9. The van der Waals surface area contributed by atoms with Crippen LogP contribution < -0.4 is 11.1 Å². The van der Waals surface area contributed by atoms with E-state index < -0.39 is 29.3 Å². The molecule has 22 heavy (non-hydrogen) atoms. The Bertz CT molecular complexity index is 965. The third-order valence-corrected chi connectivity index (χ3v) is 3.83. The van der Waals surface area contributed by atoms with Gasteiger partial charge in [0.15, 0.2) is 5.78 Å². The van der Waals surface area contributed by atoms with E-state index in [1.807, 2.05) is 0 Å². The van der Waals surface area contributed by atoms with E-state index in [4.69, 9.17) is 0 Å². The summed E-state index contributed by atoms with van der Waals surface area (Å²) in [6, 6.07) is 2.37. The maximum Gasteiger partial charge on any atom is 0.251 e. The summed E-state index contributed by atoms with van der Waals surface area (Å²) < 4.78 is 1.09. The number of nitrogens with zero attached hydrogens (tertiary/aromatic N) is 1. The number of hydrogen-bond acceptors (Lipinski definition) is 5. The van der Waals surface area contributed by atoms with Crippen molar-refractivity contribution in [3.63, 3.8) is 0 Å². The summed E-state index contributed by atoms with van der Waals surface area (Å²) in [6.45, 7) is 1.03. The lowest BCUT2D eigenvalue weighted by Gasteiger charge is -2.22. The average Bonchev–Trinajstić information content (AvgIpc) is 2.47. The lowest BCUT2D eigenvalue weighted by molar-refractivity contribution is 0.0964. The number of fused-ring (bicyclic) bond motifs is 2. The number of H-pyrrole nitrogens is 1. The molecular weight excluding hydrogens is 288 g/mol. The first-order valence-electron chi connectivity index (χ1n) is 6.54. The summed E-state index contributed by atoms with van der Waals surface area (Å²) >= 11 is 0. The first-order chi connectivity index (χ1) is 10.4. The highest BCUT2D eigenvalue weighted by atomic mass is 16.3. The standard InChI is InChI=1S/C15H12N2O5/c1-6-3-9(20)17(2)13-10(6)14(21)11-7(5-18)4-8(19)16-12(11)15(13)22/h3-4,18H,5H2,1-2H3,(H,16,19). The quantitative estimate of drug-likeness (QED) is 0.638. The van der Waals surface area contributed by atoms with Crippen molar-refractivity contribution in [3.8, 4) is 0 Å². The molecule has 2 heterocycles. The minimum Gasteiger partial charge on any atom is -0.392 e. The second kappa shape index (κ2) is 4.60. The van der Waals surface area contributed by atoms with Gasteiger partial charge in [0.1, 0.15) is 11.4 Å². The second-order valence-electron chi connectivity index (χ2n) is 5.17. The van der Waals surface area contributed by atoms with Gasteiger partial charge in [-0.1, -0.05) is 0 Å². The number of carbonyl (C=O) groups is 2. The smallest absolute Gasteiger partial charge is 0.251 e. The lowest BCUT2D eigenvalue weighted by atomic mass is 9.85. The van der Waals surface area contributed by atoms with E-state index in [0.29, 0.717) is 5.56 Å². The van der Waals surface area contributed by atoms with Gasteiger partial charge >= 0.3 is 0 Å². The van der Waals surface area contributed by atoms with Crippen molar-refractivity contribution in [2.75, 3.05) is 0 Å². The number of aliphatic hydroxyl groups is 1. The minimum absolute atomic E-state index is 0.0126. The largest absolute Gasteiger partial charge is 0.392 e. The molecule has 1 aliphatic carbocycles. The van der Waals surface area contributed by atoms with Gasteiger partial charge < -0.3 is 14.7 Å². The Morgan fingerprint density at radius 1 is 1.09 bits per heavy atom. The number of aromatic amines is 1. The van der Waals surface area contributed by atoms with Gasteiger partial charge in [-0.05, 0) is 18.1 Å². The van der Waals surface area contributed by atoms with Crippen molar-refractivity contribution in [2.24, 2.45) is 7.05 Å². The topological polar surface area (TPSA) is 109 Å².